The Labute approximate surface area is 146 Å². The number of aromatic nitrogens is 2. The number of hydrogen-bond acceptors (Lipinski definition) is 7. The maximum Gasteiger partial charge on any atom is 0.269 e. The molecule has 0 aliphatic carbocycles. The molecule has 1 aliphatic heterocycles. The fourth-order valence-corrected chi connectivity index (χ4v) is 3.46. The molecule has 0 saturated carbocycles. The van der Waals surface area contributed by atoms with Gasteiger partial charge in [0, 0.05) is 6.20 Å². The van der Waals surface area contributed by atoms with Crippen LogP contribution in [0.5, 0.6) is 0 Å². The van der Waals surface area contributed by atoms with Crippen molar-refractivity contribution in [3.05, 3.63) is 76.2 Å². The second-order valence-corrected chi connectivity index (χ2v) is 6.25. The quantitative estimate of drug-likeness (QED) is 0.537. The molecule has 3 aromatic rings. The number of benzene rings is 1. The third-order valence-electron chi connectivity index (χ3n) is 3.71. The van der Waals surface area contributed by atoms with Crippen molar-refractivity contribution in [1.29, 1.82) is 0 Å². The fourth-order valence-electron chi connectivity index (χ4n) is 2.51. The Kier molecular flexibility index (Phi) is 3.95. The van der Waals surface area contributed by atoms with Crippen LogP contribution in [0.1, 0.15) is 22.0 Å². The number of fused-ring (bicyclic) bond motifs is 1. The van der Waals surface area contributed by atoms with E-state index in [1.165, 1.54) is 4.40 Å². The number of rotatable bonds is 3. The topological polar surface area (TPSA) is 88.5 Å². The zero-order chi connectivity index (χ0) is 17.2. The summed E-state index contributed by atoms with van der Waals surface area (Å²) in [5, 5.41) is 12.8. The molecular weight excluding hydrogens is 338 g/mol. The van der Waals surface area contributed by atoms with E-state index in [1.54, 1.807) is 24.4 Å². The predicted molar refractivity (Wildman–Crippen MR) is 94.2 cm³/mol. The molecule has 7 nitrogen and oxygen atoms in total. The average molecular weight is 349 g/mol. The van der Waals surface area contributed by atoms with Crippen molar-refractivity contribution in [2.45, 2.75) is 11.1 Å². The summed E-state index contributed by atoms with van der Waals surface area (Å²) in [6.07, 6.45) is 2.11. The smallest absolute Gasteiger partial charge is 0.269 e. The molecule has 8 heteroatoms. The highest BCUT2D eigenvalue weighted by Crippen LogP contribution is 2.33. The van der Waals surface area contributed by atoms with Crippen molar-refractivity contribution < 1.29 is 4.79 Å². The van der Waals surface area contributed by atoms with E-state index >= 15 is 0 Å². The summed E-state index contributed by atoms with van der Waals surface area (Å²) >= 11 is 1.14. The van der Waals surface area contributed by atoms with Crippen LogP contribution in [0.4, 0.5) is 0 Å². The van der Waals surface area contributed by atoms with Crippen LogP contribution in [-0.4, -0.2) is 20.7 Å². The Morgan fingerprint density at radius 1 is 1.08 bits per heavy atom. The molecule has 0 N–H and O–H groups in total. The van der Waals surface area contributed by atoms with Crippen LogP contribution in [0.2, 0.25) is 0 Å². The van der Waals surface area contributed by atoms with Gasteiger partial charge in [0.15, 0.2) is 6.29 Å². The van der Waals surface area contributed by atoms with Crippen LogP contribution in [0.25, 0.3) is 5.65 Å². The summed E-state index contributed by atoms with van der Waals surface area (Å²) in [5.41, 5.74) is 0.978. The number of hydrogen-bond donors (Lipinski definition) is 0. The van der Waals surface area contributed by atoms with E-state index in [1.807, 2.05) is 30.3 Å². The van der Waals surface area contributed by atoms with Crippen LogP contribution in [0, 0.1) is 0 Å². The lowest BCUT2D eigenvalue weighted by Crippen LogP contribution is -2.21. The van der Waals surface area contributed by atoms with Crippen molar-refractivity contribution in [3.63, 3.8) is 0 Å². The van der Waals surface area contributed by atoms with Crippen LogP contribution in [0.15, 0.2) is 80.0 Å². The van der Waals surface area contributed by atoms with Crippen molar-refractivity contribution in [2.24, 2.45) is 15.4 Å². The summed E-state index contributed by atoms with van der Waals surface area (Å²) in [5.74, 6) is 0. The second-order valence-electron chi connectivity index (χ2n) is 5.24. The molecule has 25 heavy (non-hydrogen) atoms. The van der Waals surface area contributed by atoms with Gasteiger partial charge < -0.3 is 0 Å². The molecule has 1 unspecified atom stereocenters. The summed E-state index contributed by atoms with van der Waals surface area (Å²) in [6, 6.07) is 14.4. The molecule has 1 aliphatic rings. The van der Waals surface area contributed by atoms with Crippen molar-refractivity contribution >= 4 is 28.7 Å². The highest BCUT2D eigenvalue weighted by atomic mass is 32.2. The van der Waals surface area contributed by atoms with Gasteiger partial charge in [0.25, 0.3) is 5.56 Å². The molecular formula is C17H11N5O2S. The SMILES string of the molecule is O=Cc1c(SC2=NN=NC2c2ccccc2)nc2ccccn2c1=O. The average Bonchev–Trinajstić information content (AvgIpc) is 3.11. The number of nitrogens with zero attached hydrogens (tertiary/aromatic N) is 5. The molecule has 122 valence electrons. The van der Waals surface area contributed by atoms with E-state index in [4.69, 9.17) is 0 Å². The van der Waals surface area contributed by atoms with Gasteiger partial charge in [0.05, 0.1) is 0 Å². The summed E-state index contributed by atoms with van der Waals surface area (Å²) < 4.78 is 1.34. The largest absolute Gasteiger partial charge is 0.298 e. The van der Waals surface area contributed by atoms with Gasteiger partial charge in [-0.05, 0) is 34.7 Å². The van der Waals surface area contributed by atoms with Gasteiger partial charge in [-0.3, -0.25) is 14.0 Å². The van der Waals surface area contributed by atoms with Gasteiger partial charge >= 0.3 is 0 Å². The number of thioether (sulfide) groups is 1. The van der Waals surface area contributed by atoms with Gasteiger partial charge in [0.1, 0.15) is 27.3 Å². The van der Waals surface area contributed by atoms with E-state index in [-0.39, 0.29) is 11.6 Å². The van der Waals surface area contributed by atoms with Crippen LogP contribution in [0.3, 0.4) is 0 Å². The maximum absolute atomic E-state index is 12.5. The molecule has 1 aromatic carbocycles. The molecule has 1 atom stereocenters. The molecule has 2 aromatic heterocycles. The van der Waals surface area contributed by atoms with Crippen molar-refractivity contribution in [3.8, 4) is 0 Å². The third kappa shape index (κ3) is 2.76. The first-order valence-electron chi connectivity index (χ1n) is 7.45. The number of pyridine rings is 1. The zero-order valence-electron chi connectivity index (χ0n) is 12.8. The Morgan fingerprint density at radius 3 is 2.68 bits per heavy atom. The lowest BCUT2D eigenvalue weighted by molar-refractivity contribution is 0.111. The fraction of sp³-hybridized carbons (Fsp3) is 0.0588. The van der Waals surface area contributed by atoms with Crippen LogP contribution >= 0.6 is 11.8 Å². The van der Waals surface area contributed by atoms with Crippen LogP contribution in [-0.2, 0) is 0 Å². The Balaban J connectivity index is 1.76. The highest BCUT2D eigenvalue weighted by molar-refractivity contribution is 8.14. The number of carbonyl (C=O) groups is 1. The monoisotopic (exact) mass is 349 g/mol. The second kappa shape index (κ2) is 6.40. The zero-order valence-corrected chi connectivity index (χ0v) is 13.6. The van der Waals surface area contributed by atoms with Crippen LogP contribution < -0.4 is 5.56 Å². The maximum atomic E-state index is 12.5. The van der Waals surface area contributed by atoms with E-state index in [2.05, 4.69) is 20.4 Å². The molecule has 0 fully saturated rings. The minimum Gasteiger partial charge on any atom is -0.298 e. The van der Waals surface area contributed by atoms with Gasteiger partial charge in [-0.2, -0.15) is 5.11 Å². The minimum absolute atomic E-state index is 0.00453. The molecule has 0 radical (unpaired) electrons. The molecule has 0 saturated heterocycles. The Morgan fingerprint density at radius 2 is 1.88 bits per heavy atom. The molecule has 4 rings (SSSR count). The first kappa shape index (κ1) is 15.4. The van der Waals surface area contributed by atoms with Crippen molar-refractivity contribution in [2.75, 3.05) is 0 Å². The third-order valence-corrected chi connectivity index (χ3v) is 4.73. The predicted octanol–water partition coefficient (Wildman–Crippen LogP) is 3.12. The van der Waals surface area contributed by atoms with Gasteiger partial charge in [-0.25, -0.2) is 4.98 Å². The summed E-state index contributed by atoms with van der Waals surface area (Å²) in [6.45, 7) is 0. The van der Waals surface area contributed by atoms with Gasteiger partial charge in [0.2, 0.25) is 0 Å². The van der Waals surface area contributed by atoms with E-state index in [0.717, 1.165) is 17.3 Å². The number of carbonyl (C=O) groups excluding carboxylic acids is 1. The molecule has 0 amide bonds. The first-order chi connectivity index (χ1) is 12.3. The standard InChI is InChI=1S/C17H11N5O2S/c23-10-12-15(18-13-8-4-5-9-22(13)17(12)24)25-16-14(19-21-20-16)11-6-2-1-3-7-11/h1-10,14H. The van der Waals surface area contributed by atoms with Gasteiger partial charge in [-0.1, -0.05) is 36.4 Å². The molecule has 3 heterocycles. The van der Waals surface area contributed by atoms with E-state index in [9.17, 15) is 9.59 Å². The Bertz CT molecular complexity index is 1080. The van der Waals surface area contributed by atoms with E-state index < -0.39 is 5.56 Å². The molecule has 0 spiro atoms. The lowest BCUT2D eigenvalue weighted by atomic mass is 10.1. The lowest BCUT2D eigenvalue weighted by Gasteiger charge is -2.10. The molecule has 0 bridgehead atoms. The van der Waals surface area contributed by atoms with E-state index in [0.29, 0.717) is 22.0 Å². The Hall–Kier alpha value is -3.13. The summed E-state index contributed by atoms with van der Waals surface area (Å²) in [7, 11) is 0. The summed E-state index contributed by atoms with van der Waals surface area (Å²) in [4.78, 5) is 28.4. The van der Waals surface area contributed by atoms with Gasteiger partial charge in [-0.15, -0.1) is 5.10 Å². The first-order valence-corrected chi connectivity index (χ1v) is 8.26. The highest BCUT2D eigenvalue weighted by Gasteiger charge is 2.25. The minimum atomic E-state index is -0.410. The number of aldehydes is 1. The van der Waals surface area contributed by atoms with Crippen molar-refractivity contribution in [1.82, 2.24) is 9.38 Å². The normalized spacial score (nSPS) is 16.2.